The van der Waals surface area contributed by atoms with Gasteiger partial charge in [0.15, 0.2) is 0 Å². The molecule has 1 atom stereocenters. The third kappa shape index (κ3) is 4.15. The predicted molar refractivity (Wildman–Crippen MR) is 133 cm³/mol. The molecule has 1 spiro atoms. The average molecular weight is 487 g/mol. The number of hydrogen-bond acceptors (Lipinski definition) is 3. The molecule has 2 aliphatic carbocycles. The molecule has 4 nitrogen and oxygen atoms in total. The predicted octanol–water partition coefficient (Wildman–Crippen LogP) is 5.98. The van der Waals surface area contributed by atoms with E-state index >= 15 is 0 Å². The summed E-state index contributed by atoms with van der Waals surface area (Å²) in [6.07, 6.45) is 10.8. The van der Waals surface area contributed by atoms with Gasteiger partial charge in [0, 0.05) is 40.7 Å². The molecule has 2 aliphatic heterocycles. The largest absolute Gasteiger partial charge is 0.396 e. The molecule has 1 aromatic rings. The van der Waals surface area contributed by atoms with Crippen LogP contribution in [0.15, 0.2) is 47.3 Å². The minimum absolute atomic E-state index is 0.0171. The van der Waals surface area contributed by atoms with Gasteiger partial charge in [0.05, 0.1) is 0 Å². The molecule has 0 radical (unpaired) electrons. The summed E-state index contributed by atoms with van der Waals surface area (Å²) in [6, 6.07) is 3.93. The first-order chi connectivity index (χ1) is 15.9. The molecule has 176 valence electrons. The molecule has 6 heteroatoms. The number of fused-ring (bicyclic) bond motifs is 2. The molecule has 5 rings (SSSR count). The Kier molecular flexibility index (Phi) is 6.37. The van der Waals surface area contributed by atoms with E-state index in [1.165, 1.54) is 11.1 Å². The number of piperidine rings is 1. The molecule has 0 saturated carbocycles. The smallest absolute Gasteiger partial charge is 0.252 e. The summed E-state index contributed by atoms with van der Waals surface area (Å²) in [6.45, 7) is 6.17. The summed E-state index contributed by atoms with van der Waals surface area (Å²) in [4.78, 5) is 15.3. The minimum atomic E-state index is 0.0171. The van der Waals surface area contributed by atoms with Crippen LogP contribution >= 0.6 is 23.2 Å². The van der Waals surface area contributed by atoms with Crippen molar-refractivity contribution in [3.8, 4) is 0 Å². The topological polar surface area (TPSA) is 52.6 Å². The number of rotatable bonds is 3. The standard InChI is InChI=1S/C27H32Cl2N2O2/c1-17-14-24(30-26(33)21-5-3-2-4-20(17)21)31-11-9-27(10-12-31)8-6-18(7-13-32)22-15-19(28)16-23(29)25(22)27/h14-16,18,32H,1-13H2,(H,30,33). The van der Waals surface area contributed by atoms with E-state index in [9.17, 15) is 9.90 Å². The summed E-state index contributed by atoms with van der Waals surface area (Å²) in [7, 11) is 0. The third-order valence-corrected chi connectivity index (χ3v) is 8.76. The zero-order valence-electron chi connectivity index (χ0n) is 19.1. The first kappa shape index (κ1) is 23.0. The Balaban J connectivity index is 1.39. The van der Waals surface area contributed by atoms with Crippen LogP contribution < -0.4 is 5.32 Å². The van der Waals surface area contributed by atoms with Crippen molar-refractivity contribution >= 4 is 29.1 Å². The lowest BCUT2D eigenvalue weighted by Crippen LogP contribution is -2.47. The number of likely N-dealkylation sites (tertiary alicyclic amines) is 1. The maximum atomic E-state index is 13.0. The Labute approximate surface area is 206 Å². The number of halogens is 2. The maximum absolute atomic E-state index is 13.0. The molecule has 1 unspecified atom stereocenters. The SMILES string of the molecule is C=C1C=C(N2CCC3(CCC(CCO)c4cc(Cl)cc(Cl)c43)CC2)NC(=O)C2=C1CCCC2. The van der Waals surface area contributed by atoms with Crippen LogP contribution in [0.5, 0.6) is 0 Å². The fraction of sp³-hybridized carbons (Fsp3) is 0.519. The summed E-state index contributed by atoms with van der Waals surface area (Å²) in [5.41, 5.74) is 5.51. The van der Waals surface area contributed by atoms with E-state index in [2.05, 4.69) is 28.9 Å². The molecule has 1 aromatic carbocycles. The molecule has 2 N–H and O–H groups in total. The third-order valence-electron chi connectivity index (χ3n) is 8.25. The van der Waals surface area contributed by atoms with E-state index in [4.69, 9.17) is 23.2 Å². The Bertz CT molecular complexity index is 1050. The zero-order valence-corrected chi connectivity index (χ0v) is 20.6. The van der Waals surface area contributed by atoms with Gasteiger partial charge in [-0.25, -0.2) is 0 Å². The number of benzene rings is 1. The summed E-state index contributed by atoms with van der Waals surface area (Å²) >= 11 is 13.2. The number of nitrogens with one attached hydrogen (secondary N) is 1. The second kappa shape index (κ2) is 9.13. The fourth-order valence-electron chi connectivity index (χ4n) is 6.50. The molecular formula is C27H32Cl2N2O2. The lowest BCUT2D eigenvalue weighted by molar-refractivity contribution is -0.117. The van der Waals surface area contributed by atoms with Crippen LogP contribution in [0.2, 0.25) is 10.0 Å². The number of aliphatic hydroxyl groups excluding tert-OH is 1. The number of aliphatic hydroxyl groups is 1. The van der Waals surface area contributed by atoms with Crippen LogP contribution in [0.4, 0.5) is 0 Å². The van der Waals surface area contributed by atoms with Gasteiger partial charge in [-0.05, 0) is 104 Å². The minimum Gasteiger partial charge on any atom is -0.396 e. The first-order valence-electron chi connectivity index (χ1n) is 12.2. The van der Waals surface area contributed by atoms with E-state index in [1.807, 2.05) is 6.07 Å². The second-order valence-corrected chi connectivity index (χ2v) is 10.9. The number of nitrogens with zero attached hydrogens (tertiary/aromatic N) is 1. The van der Waals surface area contributed by atoms with Gasteiger partial charge < -0.3 is 15.3 Å². The van der Waals surface area contributed by atoms with E-state index in [1.54, 1.807) is 0 Å². The summed E-state index contributed by atoms with van der Waals surface area (Å²) in [5.74, 6) is 1.22. The molecule has 33 heavy (non-hydrogen) atoms. The van der Waals surface area contributed by atoms with Crippen LogP contribution in [0.25, 0.3) is 0 Å². The number of carbonyl (C=O) groups excluding carboxylic acids is 1. The van der Waals surface area contributed by atoms with Crippen molar-refractivity contribution in [3.05, 3.63) is 68.5 Å². The van der Waals surface area contributed by atoms with E-state index in [-0.39, 0.29) is 17.9 Å². The Hall–Kier alpha value is -1.75. The van der Waals surface area contributed by atoms with Gasteiger partial charge in [-0.15, -0.1) is 0 Å². The van der Waals surface area contributed by atoms with Gasteiger partial charge in [-0.2, -0.15) is 0 Å². The van der Waals surface area contributed by atoms with Crippen molar-refractivity contribution in [3.63, 3.8) is 0 Å². The Morgan fingerprint density at radius 3 is 2.58 bits per heavy atom. The normalized spacial score (nSPS) is 24.8. The fourth-order valence-corrected chi connectivity index (χ4v) is 7.21. The van der Waals surface area contributed by atoms with Crippen LogP contribution in [0.1, 0.15) is 74.8 Å². The monoisotopic (exact) mass is 486 g/mol. The number of allylic oxidation sites excluding steroid dienone is 3. The van der Waals surface area contributed by atoms with Gasteiger partial charge in [-0.1, -0.05) is 29.8 Å². The molecule has 0 aromatic heterocycles. The maximum Gasteiger partial charge on any atom is 0.252 e. The highest BCUT2D eigenvalue weighted by Gasteiger charge is 2.44. The van der Waals surface area contributed by atoms with E-state index in [0.717, 1.165) is 98.4 Å². The van der Waals surface area contributed by atoms with Gasteiger partial charge in [0.2, 0.25) is 0 Å². The molecule has 1 saturated heterocycles. The van der Waals surface area contributed by atoms with Crippen LogP contribution in [-0.2, 0) is 10.2 Å². The van der Waals surface area contributed by atoms with Crippen molar-refractivity contribution in [2.24, 2.45) is 0 Å². The molecule has 2 heterocycles. The van der Waals surface area contributed by atoms with Crippen molar-refractivity contribution in [1.29, 1.82) is 0 Å². The van der Waals surface area contributed by atoms with Gasteiger partial charge in [0.1, 0.15) is 5.82 Å². The number of carbonyl (C=O) groups is 1. The highest BCUT2D eigenvalue weighted by molar-refractivity contribution is 6.35. The Morgan fingerprint density at radius 2 is 1.85 bits per heavy atom. The average Bonchev–Trinajstić information content (AvgIpc) is 2.92. The second-order valence-electron chi connectivity index (χ2n) is 10.0. The summed E-state index contributed by atoms with van der Waals surface area (Å²) < 4.78 is 0. The molecule has 1 amide bonds. The highest BCUT2D eigenvalue weighted by atomic mass is 35.5. The van der Waals surface area contributed by atoms with Crippen molar-refractivity contribution in [2.45, 2.75) is 69.1 Å². The van der Waals surface area contributed by atoms with Gasteiger partial charge in [0.25, 0.3) is 5.91 Å². The lowest BCUT2D eigenvalue weighted by Gasteiger charge is -2.48. The van der Waals surface area contributed by atoms with Gasteiger partial charge in [-0.3, -0.25) is 4.79 Å². The van der Waals surface area contributed by atoms with Gasteiger partial charge >= 0.3 is 0 Å². The Morgan fingerprint density at radius 1 is 1.12 bits per heavy atom. The van der Waals surface area contributed by atoms with E-state index < -0.39 is 0 Å². The molecule has 4 aliphatic rings. The zero-order chi connectivity index (χ0) is 23.2. The molecular weight excluding hydrogens is 455 g/mol. The van der Waals surface area contributed by atoms with Crippen molar-refractivity contribution in [1.82, 2.24) is 10.2 Å². The molecule has 0 bridgehead atoms. The van der Waals surface area contributed by atoms with E-state index in [0.29, 0.717) is 10.9 Å². The van der Waals surface area contributed by atoms with Crippen LogP contribution in [-0.4, -0.2) is 35.6 Å². The quantitative estimate of drug-likeness (QED) is 0.551. The lowest BCUT2D eigenvalue weighted by atomic mass is 9.62. The number of amides is 1. The number of hydrogen-bond donors (Lipinski definition) is 2. The van der Waals surface area contributed by atoms with Crippen molar-refractivity contribution in [2.75, 3.05) is 19.7 Å². The summed E-state index contributed by atoms with van der Waals surface area (Å²) in [5, 5.41) is 14.2. The highest BCUT2D eigenvalue weighted by Crippen LogP contribution is 2.53. The van der Waals surface area contributed by atoms with Crippen LogP contribution in [0.3, 0.4) is 0 Å². The van der Waals surface area contributed by atoms with Crippen LogP contribution in [0, 0.1) is 0 Å². The molecule has 1 fully saturated rings. The first-order valence-corrected chi connectivity index (χ1v) is 13.0. The van der Waals surface area contributed by atoms with Crippen molar-refractivity contribution < 1.29 is 9.90 Å².